The number of nitrogens with one attached hydrogen (secondary N) is 1. The van der Waals surface area contributed by atoms with Gasteiger partial charge >= 0.3 is 0 Å². The van der Waals surface area contributed by atoms with Gasteiger partial charge in [-0.05, 0) is 30.3 Å². The lowest BCUT2D eigenvalue weighted by molar-refractivity contribution is 0.0946. The Bertz CT molecular complexity index is 643. The molecule has 0 saturated heterocycles. The van der Waals surface area contributed by atoms with Gasteiger partial charge in [-0.15, -0.1) is 0 Å². The molecular weight excluding hydrogens is 272 g/mol. The summed E-state index contributed by atoms with van der Waals surface area (Å²) in [5.41, 5.74) is 6.51. The van der Waals surface area contributed by atoms with Crippen molar-refractivity contribution in [3.8, 4) is 17.2 Å². The predicted octanol–water partition coefficient (Wildman–Crippen LogP) is 1.49. The van der Waals surface area contributed by atoms with Gasteiger partial charge in [0.25, 0.3) is 5.91 Å². The van der Waals surface area contributed by atoms with E-state index in [1.165, 1.54) is 18.2 Å². The molecule has 6 nitrogen and oxygen atoms in total. The number of carbonyl (C=O) groups excluding carboxylic acids is 1. The summed E-state index contributed by atoms with van der Waals surface area (Å²) in [4.78, 5) is 11.8. The summed E-state index contributed by atoms with van der Waals surface area (Å²) in [6, 6.07) is 11.0. The van der Waals surface area contributed by atoms with Gasteiger partial charge in [-0.2, -0.15) is 0 Å². The number of phenols is 2. The first-order chi connectivity index (χ1) is 10.1. The number of rotatable bonds is 5. The van der Waals surface area contributed by atoms with Gasteiger partial charge in [-0.3, -0.25) is 4.79 Å². The number of aromatic hydroxyl groups is 2. The van der Waals surface area contributed by atoms with Gasteiger partial charge in [-0.25, -0.2) is 0 Å². The van der Waals surface area contributed by atoms with E-state index in [0.717, 1.165) is 0 Å². The molecule has 0 aliphatic heterocycles. The third kappa shape index (κ3) is 3.79. The summed E-state index contributed by atoms with van der Waals surface area (Å²) >= 11 is 0. The maximum atomic E-state index is 11.8. The number of phenolic OH excluding ortho intramolecular Hbond substituents is 2. The largest absolute Gasteiger partial charge is 0.504 e. The van der Waals surface area contributed by atoms with Gasteiger partial charge < -0.3 is 26.0 Å². The summed E-state index contributed by atoms with van der Waals surface area (Å²) in [5.74, 6) is -0.408. The number of nitrogens with two attached hydrogens (primary N) is 1. The average Bonchev–Trinajstić information content (AvgIpc) is 2.48. The van der Waals surface area contributed by atoms with Crippen LogP contribution in [0, 0.1) is 0 Å². The molecule has 0 radical (unpaired) electrons. The first-order valence-electron chi connectivity index (χ1n) is 6.35. The Morgan fingerprint density at radius 1 is 1.14 bits per heavy atom. The van der Waals surface area contributed by atoms with E-state index in [4.69, 9.17) is 10.5 Å². The number of hydrogen-bond acceptors (Lipinski definition) is 5. The lowest BCUT2D eigenvalue weighted by Gasteiger charge is -2.09. The maximum Gasteiger partial charge on any atom is 0.251 e. The van der Waals surface area contributed by atoms with Crippen LogP contribution >= 0.6 is 0 Å². The molecule has 2 rings (SSSR count). The number of nitrogen functional groups attached to an aromatic ring is 1. The highest BCUT2D eigenvalue weighted by Crippen LogP contribution is 2.24. The monoisotopic (exact) mass is 288 g/mol. The molecule has 0 fully saturated rings. The maximum absolute atomic E-state index is 11.8. The summed E-state index contributed by atoms with van der Waals surface area (Å²) in [5, 5.41) is 21.1. The van der Waals surface area contributed by atoms with Crippen molar-refractivity contribution < 1.29 is 19.7 Å². The summed E-state index contributed by atoms with van der Waals surface area (Å²) < 4.78 is 5.44. The van der Waals surface area contributed by atoms with Crippen molar-refractivity contribution in [2.75, 3.05) is 18.9 Å². The van der Waals surface area contributed by atoms with Crippen LogP contribution in [-0.4, -0.2) is 29.3 Å². The van der Waals surface area contributed by atoms with Gasteiger partial charge in [0.05, 0.1) is 12.2 Å². The zero-order valence-corrected chi connectivity index (χ0v) is 11.2. The van der Waals surface area contributed by atoms with Crippen LogP contribution in [0.2, 0.25) is 0 Å². The van der Waals surface area contributed by atoms with E-state index in [9.17, 15) is 15.0 Å². The highest BCUT2D eigenvalue weighted by molar-refractivity contribution is 5.94. The molecule has 2 aromatic rings. The minimum absolute atomic E-state index is 0.254. The summed E-state index contributed by atoms with van der Waals surface area (Å²) in [6.45, 7) is 0.554. The van der Waals surface area contributed by atoms with Crippen LogP contribution < -0.4 is 15.8 Å². The molecular formula is C15H16N2O4. The first-order valence-corrected chi connectivity index (χ1v) is 6.35. The molecule has 6 heteroatoms. The van der Waals surface area contributed by atoms with E-state index in [-0.39, 0.29) is 36.1 Å². The molecule has 21 heavy (non-hydrogen) atoms. The Kier molecular flexibility index (Phi) is 4.50. The van der Waals surface area contributed by atoms with Crippen molar-refractivity contribution in [1.29, 1.82) is 0 Å². The predicted molar refractivity (Wildman–Crippen MR) is 78.5 cm³/mol. The van der Waals surface area contributed by atoms with Crippen molar-refractivity contribution in [3.05, 3.63) is 48.0 Å². The fourth-order valence-corrected chi connectivity index (χ4v) is 1.70. The van der Waals surface area contributed by atoms with E-state index in [1.54, 1.807) is 18.2 Å². The Labute approximate surface area is 121 Å². The number of benzene rings is 2. The molecule has 0 aromatic heterocycles. The molecule has 2 aromatic carbocycles. The van der Waals surface area contributed by atoms with Crippen molar-refractivity contribution in [2.45, 2.75) is 0 Å². The second-order valence-corrected chi connectivity index (χ2v) is 4.35. The molecule has 0 atom stereocenters. The van der Waals surface area contributed by atoms with E-state index in [1.807, 2.05) is 6.07 Å². The number of anilines is 1. The van der Waals surface area contributed by atoms with E-state index in [0.29, 0.717) is 11.4 Å². The van der Waals surface area contributed by atoms with E-state index >= 15 is 0 Å². The van der Waals surface area contributed by atoms with Gasteiger partial charge in [0.2, 0.25) is 0 Å². The standard InChI is InChI=1S/C15H16N2O4/c16-11-3-1-2-4-14(11)21-8-7-17-15(20)10-5-6-12(18)13(19)9-10/h1-6,9,18-19H,7-8,16H2,(H,17,20). The van der Waals surface area contributed by atoms with Crippen LogP contribution in [0.25, 0.3) is 0 Å². The van der Waals surface area contributed by atoms with E-state index in [2.05, 4.69) is 5.32 Å². The van der Waals surface area contributed by atoms with Gasteiger partial charge in [0.15, 0.2) is 11.5 Å². The van der Waals surface area contributed by atoms with E-state index < -0.39 is 0 Å². The molecule has 0 unspecified atom stereocenters. The number of ether oxygens (including phenoxy) is 1. The third-order valence-electron chi connectivity index (χ3n) is 2.80. The van der Waals surface area contributed by atoms with Crippen molar-refractivity contribution in [3.63, 3.8) is 0 Å². The Morgan fingerprint density at radius 3 is 2.62 bits per heavy atom. The number of amides is 1. The Hall–Kier alpha value is -2.89. The molecule has 0 spiro atoms. The van der Waals surface area contributed by atoms with Crippen molar-refractivity contribution in [1.82, 2.24) is 5.32 Å². The zero-order valence-electron chi connectivity index (χ0n) is 11.2. The number of para-hydroxylation sites is 2. The number of hydrogen-bond donors (Lipinski definition) is 4. The third-order valence-corrected chi connectivity index (χ3v) is 2.80. The minimum Gasteiger partial charge on any atom is -0.504 e. The van der Waals surface area contributed by atoms with Crippen molar-refractivity contribution in [2.24, 2.45) is 0 Å². The normalized spacial score (nSPS) is 10.1. The van der Waals surface area contributed by atoms with Gasteiger partial charge in [-0.1, -0.05) is 12.1 Å². The average molecular weight is 288 g/mol. The summed E-state index contributed by atoms with van der Waals surface area (Å²) in [6.07, 6.45) is 0. The Balaban J connectivity index is 1.82. The van der Waals surface area contributed by atoms with Crippen LogP contribution in [0.15, 0.2) is 42.5 Å². The molecule has 5 N–H and O–H groups in total. The number of carbonyl (C=O) groups is 1. The van der Waals surface area contributed by atoms with Crippen LogP contribution in [0.3, 0.4) is 0 Å². The highest BCUT2D eigenvalue weighted by Gasteiger charge is 2.08. The molecule has 0 aliphatic rings. The fraction of sp³-hybridized carbons (Fsp3) is 0.133. The molecule has 0 heterocycles. The second kappa shape index (κ2) is 6.51. The topological polar surface area (TPSA) is 105 Å². The highest BCUT2D eigenvalue weighted by atomic mass is 16.5. The quantitative estimate of drug-likeness (QED) is 0.379. The zero-order chi connectivity index (χ0) is 15.2. The van der Waals surface area contributed by atoms with Crippen molar-refractivity contribution >= 4 is 11.6 Å². The minimum atomic E-state index is -0.366. The SMILES string of the molecule is Nc1ccccc1OCCNC(=O)c1ccc(O)c(O)c1. The smallest absolute Gasteiger partial charge is 0.251 e. The molecule has 1 amide bonds. The molecule has 0 saturated carbocycles. The van der Waals surface area contributed by atoms with Crippen LogP contribution in [0.4, 0.5) is 5.69 Å². The summed E-state index contributed by atoms with van der Waals surface area (Å²) in [7, 11) is 0. The van der Waals surface area contributed by atoms with Crippen LogP contribution in [-0.2, 0) is 0 Å². The van der Waals surface area contributed by atoms with Crippen LogP contribution in [0.1, 0.15) is 10.4 Å². The first kappa shape index (κ1) is 14.5. The lowest BCUT2D eigenvalue weighted by atomic mass is 10.2. The lowest BCUT2D eigenvalue weighted by Crippen LogP contribution is -2.28. The van der Waals surface area contributed by atoms with Gasteiger partial charge in [0, 0.05) is 5.56 Å². The fourth-order valence-electron chi connectivity index (χ4n) is 1.70. The molecule has 0 bridgehead atoms. The Morgan fingerprint density at radius 2 is 1.90 bits per heavy atom. The van der Waals surface area contributed by atoms with Gasteiger partial charge in [0.1, 0.15) is 12.4 Å². The second-order valence-electron chi connectivity index (χ2n) is 4.35. The van der Waals surface area contributed by atoms with Crippen LogP contribution in [0.5, 0.6) is 17.2 Å². The molecule has 110 valence electrons. The molecule has 0 aliphatic carbocycles.